The minimum Gasteiger partial charge on any atom is -0.493 e. The summed E-state index contributed by atoms with van der Waals surface area (Å²) in [5.41, 5.74) is 2.40. The molecule has 0 atom stereocenters. The van der Waals surface area contributed by atoms with E-state index in [0.29, 0.717) is 38.1 Å². The lowest BCUT2D eigenvalue weighted by molar-refractivity contribution is 0.281. The van der Waals surface area contributed by atoms with Crippen molar-refractivity contribution in [2.24, 2.45) is 0 Å². The van der Waals surface area contributed by atoms with Gasteiger partial charge in [0.25, 0.3) is 0 Å². The number of anilines is 1. The Morgan fingerprint density at radius 3 is 2.34 bits per heavy atom. The summed E-state index contributed by atoms with van der Waals surface area (Å²) >= 11 is 28.2. The molecule has 3 nitrogen and oxygen atoms in total. The Balaban J connectivity index is 1.87. The van der Waals surface area contributed by atoms with Crippen LogP contribution in [0.5, 0.6) is 11.5 Å². The minimum absolute atomic E-state index is 0.258. The third-order valence-electron chi connectivity index (χ3n) is 4.16. The largest absolute Gasteiger partial charge is 0.493 e. The van der Waals surface area contributed by atoms with Crippen LogP contribution in [0.25, 0.3) is 0 Å². The summed E-state index contributed by atoms with van der Waals surface area (Å²) in [6.07, 6.45) is 0. The van der Waals surface area contributed by atoms with Crippen LogP contribution < -0.4 is 14.8 Å². The van der Waals surface area contributed by atoms with Crippen molar-refractivity contribution in [3.05, 3.63) is 84.2 Å². The van der Waals surface area contributed by atoms with E-state index in [9.17, 15) is 0 Å². The number of rotatable bonds is 7. The summed E-state index contributed by atoms with van der Waals surface area (Å²) in [6.45, 7) is 0.690. The number of ether oxygens (including phenoxy) is 2. The highest BCUT2D eigenvalue weighted by Crippen LogP contribution is 2.38. The van der Waals surface area contributed by atoms with Crippen LogP contribution in [0.3, 0.4) is 0 Å². The zero-order valence-corrected chi connectivity index (χ0v) is 19.8. The van der Waals surface area contributed by atoms with Gasteiger partial charge < -0.3 is 14.8 Å². The standard InChI is InChI=1S/C21H16BrCl4NO2/c1-28-20-7-5-16(22)15(10-27-19-9-14(24)4-6-17(19)25)21(20)29-11-12-2-3-13(23)8-18(12)26/h2-9,27H,10-11H2,1H3. The Morgan fingerprint density at radius 2 is 1.62 bits per heavy atom. The Kier molecular flexibility index (Phi) is 7.83. The van der Waals surface area contributed by atoms with Crippen LogP contribution in [-0.4, -0.2) is 7.11 Å². The quantitative estimate of drug-likeness (QED) is 0.330. The summed E-state index contributed by atoms with van der Waals surface area (Å²) in [5, 5.41) is 5.57. The number of nitrogens with one attached hydrogen (secondary N) is 1. The minimum atomic E-state index is 0.258. The van der Waals surface area contributed by atoms with E-state index in [0.717, 1.165) is 21.3 Å². The van der Waals surface area contributed by atoms with Crippen molar-refractivity contribution in [3.63, 3.8) is 0 Å². The van der Waals surface area contributed by atoms with Crippen molar-refractivity contribution < 1.29 is 9.47 Å². The van der Waals surface area contributed by atoms with Crippen LogP contribution in [0, 0.1) is 0 Å². The van der Waals surface area contributed by atoms with E-state index in [1.54, 1.807) is 37.4 Å². The molecule has 0 bridgehead atoms. The average molecular weight is 536 g/mol. The Hall–Kier alpha value is -1.30. The summed E-state index contributed by atoms with van der Waals surface area (Å²) in [7, 11) is 1.59. The van der Waals surface area contributed by atoms with Gasteiger partial charge in [0.05, 0.1) is 17.8 Å². The second-order valence-corrected chi connectivity index (χ2v) is 8.60. The summed E-state index contributed by atoms with van der Waals surface area (Å²) in [4.78, 5) is 0. The molecule has 0 unspecified atom stereocenters. The molecule has 152 valence electrons. The molecule has 8 heteroatoms. The third-order valence-corrected chi connectivity index (χ3v) is 6.05. The van der Waals surface area contributed by atoms with Gasteiger partial charge in [0, 0.05) is 37.2 Å². The fourth-order valence-corrected chi connectivity index (χ4v) is 3.94. The molecule has 0 spiro atoms. The van der Waals surface area contributed by atoms with Crippen LogP contribution in [0.15, 0.2) is 53.0 Å². The van der Waals surface area contributed by atoms with Crippen LogP contribution in [0.2, 0.25) is 20.1 Å². The van der Waals surface area contributed by atoms with Gasteiger partial charge in [-0.3, -0.25) is 0 Å². The first-order valence-electron chi connectivity index (χ1n) is 8.50. The number of hydrogen-bond donors (Lipinski definition) is 1. The maximum atomic E-state index is 6.27. The maximum Gasteiger partial charge on any atom is 0.167 e. The predicted molar refractivity (Wildman–Crippen MR) is 125 cm³/mol. The number of halogens is 5. The van der Waals surface area contributed by atoms with E-state index in [2.05, 4.69) is 21.2 Å². The van der Waals surface area contributed by atoms with E-state index in [-0.39, 0.29) is 6.61 Å². The molecule has 1 N–H and O–H groups in total. The summed E-state index contributed by atoms with van der Waals surface area (Å²) < 4.78 is 12.5. The summed E-state index contributed by atoms with van der Waals surface area (Å²) in [6, 6.07) is 14.3. The monoisotopic (exact) mass is 533 g/mol. The molecule has 3 rings (SSSR count). The van der Waals surface area contributed by atoms with E-state index in [1.807, 2.05) is 18.2 Å². The fourth-order valence-electron chi connectivity index (χ4n) is 2.67. The van der Waals surface area contributed by atoms with Crippen molar-refractivity contribution in [1.82, 2.24) is 0 Å². The first kappa shape index (κ1) is 22.4. The Bertz CT molecular complexity index is 1030. The molecule has 0 aliphatic heterocycles. The second-order valence-electron chi connectivity index (χ2n) is 6.06. The molecule has 0 heterocycles. The molecule has 0 saturated carbocycles. The van der Waals surface area contributed by atoms with E-state index in [1.165, 1.54) is 0 Å². The molecule has 0 aliphatic rings. The van der Waals surface area contributed by atoms with Gasteiger partial charge in [-0.1, -0.05) is 68.4 Å². The maximum absolute atomic E-state index is 6.27. The Labute approximate surface area is 197 Å². The zero-order chi connectivity index (χ0) is 21.0. The molecule has 29 heavy (non-hydrogen) atoms. The van der Waals surface area contributed by atoms with Crippen molar-refractivity contribution >= 4 is 68.0 Å². The van der Waals surface area contributed by atoms with Gasteiger partial charge in [-0.2, -0.15) is 0 Å². The van der Waals surface area contributed by atoms with Crippen LogP contribution >= 0.6 is 62.3 Å². The van der Waals surface area contributed by atoms with Gasteiger partial charge in [0.15, 0.2) is 11.5 Å². The van der Waals surface area contributed by atoms with Gasteiger partial charge >= 0.3 is 0 Å². The highest BCUT2D eigenvalue weighted by atomic mass is 79.9. The van der Waals surface area contributed by atoms with Gasteiger partial charge in [-0.05, 0) is 42.5 Å². The zero-order valence-electron chi connectivity index (χ0n) is 15.2. The lowest BCUT2D eigenvalue weighted by Gasteiger charge is -2.18. The fraction of sp³-hybridized carbons (Fsp3) is 0.143. The van der Waals surface area contributed by atoms with Crippen molar-refractivity contribution in [3.8, 4) is 11.5 Å². The lowest BCUT2D eigenvalue weighted by atomic mass is 10.1. The first-order chi connectivity index (χ1) is 13.9. The molecule has 0 aromatic heterocycles. The number of hydrogen-bond acceptors (Lipinski definition) is 3. The predicted octanol–water partition coefficient (Wildman–Crippen LogP) is 8.26. The van der Waals surface area contributed by atoms with Crippen LogP contribution in [-0.2, 0) is 13.2 Å². The molecule has 0 radical (unpaired) electrons. The number of benzene rings is 3. The highest BCUT2D eigenvalue weighted by Gasteiger charge is 2.16. The van der Waals surface area contributed by atoms with Crippen LogP contribution in [0.4, 0.5) is 5.69 Å². The molecule has 3 aromatic rings. The first-order valence-corrected chi connectivity index (χ1v) is 10.8. The van der Waals surface area contributed by atoms with E-state index in [4.69, 9.17) is 55.9 Å². The average Bonchev–Trinajstić information content (AvgIpc) is 2.69. The molecule has 0 fully saturated rings. The van der Waals surface area contributed by atoms with E-state index < -0.39 is 0 Å². The van der Waals surface area contributed by atoms with E-state index >= 15 is 0 Å². The van der Waals surface area contributed by atoms with Gasteiger partial charge in [0.2, 0.25) is 0 Å². The SMILES string of the molecule is COc1ccc(Br)c(CNc2cc(Cl)ccc2Cl)c1OCc1ccc(Cl)cc1Cl. The molecule has 0 saturated heterocycles. The Morgan fingerprint density at radius 1 is 0.897 bits per heavy atom. The molecule has 3 aromatic carbocycles. The molecular weight excluding hydrogens is 520 g/mol. The molecular formula is C21H16BrCl4NO2. The second kappa shape index (κ2) is 10.1. The smallest absolute Gasteiger partial charge is 0.167 e. The highest BCUT2D eigenvalue weighted by molar-refractivity contribution is 9.10. The van der Waals surface area contributed by atoms with Gasteiger partial charge in [-0.25, -0.2) is 0 Å². The summed E-state index contributed by atoms with van der Waals surface area (Å²) in [5.74, 6) is 1.20. The van der Waals surface area contributed by atoms with Crippen molar-refractivity contribution in [2.75, 3.05) is 12.4 Å². The topological polar surface area (TPSA) is 30.5 Å². The third kappa shape index (κ3) is 5.65. The number of methoxy groups -OCH3 is 1. The van der Waals surface area contributed by atoms with Crippen molar-refractivity contribution in [2.45, 2.75) is 13.2 Å². The van der Waals surface area contributed by atoms with Gasteiger partial charge in [0.1, 0.15) is 6.61 Å². The lowest BCUT2D eigenvalue weighted by Crippen LogP contribution is -2.07. The normalized spacial score (nSPS) is 10.7. The van der Waals surface area contributed by atoms with Crippen LogP contribution in [0.1, 0.15) is 11.1 Å². The van der Waals surface area contributed by atoms with Crippen molar-refractivity contribution in [1.29, 1.82) is 0 Å². The molecule has 0 aliphatic carbocycles. The molecule has 0 amide bonds. The van der Waals surface area contributed by atoms with Gasteiger partial charge in [-0.15, -0.1) is 0 Å².